The number of aromatic amines is 1. The standard InChI is InChI=1S/C9H13N7O/c10-9-14-6-16(15-9)4-8(17)12-2-1-7-3-11-5-13-7/h3,5-6H,1-2,4H2,(H2,10,15)(H,11,13)(H,12,17). The van der Waals surface area contributed by atoms with Gasteiger partial charge in [0.2, 0.25) is 11.9 Å². The zero-order chi connectivity index (χ0) is 12.1. The number of amides is 1. The summed E-state index contributed by atoms with van der Waals surface area (Å²) in [6.45, 7) is 0.665. The molecule has 0 aliphatic carbocycles. The predicted molar refractivity (Wildman–Crippen MR) is 59.7 cm³/mol. The van der Waals surface area contributed by atoms with Crippen LogP contribution >= 0.6 is 0 Å². The fourth-order valence-electron chi connectivity index (χ4n) is 1.35. The van der Waals surface area contributed by atoms with Crippen LogP contribution in [0.15, 0.2) is 18.9 Å². The number of nitrogens with two attached hydrogens (primary N) is 1. The third kappa shape index (κ3) is 3.30. The molecule has 2 aromatic rings. The van der Waals surface area contributed by atoms with Gasteiger partial charge < -0.3 is 16.0 Å². The highest BCUT2D eigenvalue weighted by Crippen LogP contribution is 1.91. The number of hydrogen-bond acceptors (Lipinski definition) is 5. The molecule has 17 heavy (non-hydrogen) atoms. The maximum atomic E-state index is 11.5. The van der Waals surface area contributed by atoms with Crippen LogP contribution in [0, 0.1) is 0 Å². The van der Waals surface area contributed by atoms with Crippen LogP contribution in [0.2, 0.25) is 0 Å². The molecule has 0 aliphatic heterocycles. The molecule has 4 N–H and O–H groups in total. The van der Waals surface area contributed by atoms with Crippen molar-refractivity contribution in [1.82, 2.24) is 30.0 Å². The minimum Gasteiger partial charge on any atom is -0.367 e. The van der Waals surface area contributed by atoms with Crippen molar-refractivity contribution in [3.05, 3.63) is 24.5 Å². The first-order chi connectivity index (χ1) is 8.24. The van der Waals surface area contributed by atoms with E-state index >= 15 is 0 Å². The molecule has 0 fully saturated rings. The van der Waals surface area contributed by atoms with Crippen LogP contribution in [-0.4, -0.2) is 37.2 Å². The Balaban J connectivity index is 1.71. The zero-order valence-electron chi connectivity index (χ0n) is 9.13. The maximum Gasteiger partial charge on any atom is 0.241 e. The number of anilines is 1. The number of aromatic nitrogens is 5. The van der Waals surface area contributed by atoms with Crippen molar-refractivity contribution in [2.75, 3.05) is 12.3 Å². The Hall–Kier alpha value is -2.38. The Morgan fingerprint density at radius 3 is 3.12 bits per heavy atom. The average Bonchev–Trinajstić information content (AvgIpc) is 2.90. The smallest absolute Gasteiger partial charge is 0.241 e. The largest absolute Gasteiger partial charge is 0.367 e. The average molecular weight is 235 g/mol. The second-order valence-electron chi connectivity index (χ2n) is 3.48. The van der Waals surface area contributed by atoms with Gasteiger partial charge in [0.25, 0.3) is 0 Å². The monoisotopic (exact) mass is 235 g/mol. The minimum absolute atomic E-state index is 0.118. The molecule has 0 saturated heterocycles. The lowest BCUT2D eigenvalue weighted by atomic mass is 10.3. The molecule has 2 aromatic heterocycles. The van der Waals surface area contributed by atoms with Gasteiger partial charge in [-0.1, -0.05) is 0 Å². The Morgan fingerprint density at radius 1 is 1.59 bits per heavy atom. The van der Waals surface area contributed by atoms with Crippen LogP contribution in [0.1, 0.15) is 5.69 Å². The second-order valence-corrected chi connectivity index (χ2v) is 3.48. The normalized spacial score (nSPS) is 10.4. The van der Waals surface area contributed by atoms with Crippen molar-refractivity contribution in [3.8, 4) is 0 Å². The van der Waals surface area contributed by atoms with Crippen LogP contribution in [0.25, 0.3) is 0 Å². The molecule has 0 bridgehead atoms. The van der Waals surface area contributed by atoms with Gasteiger partial charge in [0.1, 0.15) is 12.9 Å². The van der Waals surface area contributed by atoms with E-state index in [0.29, 0.717) is 13.0 Å². The zero-order valence-corrected chi connectivity index (χ0v) is 9.13. The van der Waals surface area contributed by atoms with Gasteiger partial charge in [-0.3, -0.25) is 4.79 Å². The van der Waals surface area contributed by atoms with Crippen LogP contribution < -0.4 is 11.1 Å². The SMILES string of the molecule is Nc1ncn(CC(=O)NCCc2cnc[nH]2)n1. The van der Waals surface area contributed by atoms with E-state index in [0.717, 1.165) is 5.69 Å². The molecule has 0 saturated carbocycles. The van der Waals surface area contributed by atoms with E-state index in [-0.39, 0.29) is 18.4 Å². The molecule has 8 nitrogen and oxygen atoms in total. The van der Waals surface area contributed by atoms with E-state index in [2.05, 4.69) is 25.4 Å². The van der Waals surface area contributed by atoms with E-state index in [1.54, 1.807) is 12.5 Å². The van der Waals surface area contributed by atoms with Gasteiger partial charge in [-0.15, -0.1) is 5.10 Å². The van der Waals surface area contributed by atoms with Crippen LogP contribution in [0.5, 0.6) is 0 Å². The summed E-state index contributed by atoms with van der Waals surface area (Å²) in [6.07, 6.45) is 5.47. The highest BCUT2D eigenvalue weighted by Gasteiger charge is 2.04. The number of H-pyrrole nitrogens is 1. The fraction of sp³-hybridized carbons (Fsp3) is 0.333. The van der Waals surface area contributed by atoms with Crippen molar-refractivity contribution in [2.24, 2.45) is 0 Å². The summed E-state index contributed by atoms with van der Waals surface area (Å²) in [7, 11) is 0. The topological polar surface area (TPSA) is 115 Å². The molecule has 0 radical (unpaired) electrons. The summed E-state index contributed by atoms with van der Waals surface area (Å²) in [5, 5.41) is 6.58. The maximum absolute atomic E-state index is 11.5. The third-order valence-corrected chi connectivity index (χ3v) is 2.13. The van der Waals surface area contributed by atoms with Crippen molar-refractivity contribution in [2.45, 2.75) is 13.0 Å². The van der Waals surface area contributed by atoms with Crippen molar-refractivity contribution < 1.29 is 4.79 Å². The molecular weight excluding hydrogens is 222 g/mol. The van der Waals surface area contributed by atoms with Crippen LogP contribution in [0.4, 0.5) is 5.95 Å². The number of nitrogens with zero attached hydrogens (tertiary/aromatic N) is 4. The molecule has 8 heteroatoms. The Bertz CT molecular complexity index is 475. The quantitative estimate of drug-likeness (QED) is 0.611. The molecular formula is C9H13N7O. The molecule has 0 unspecified atom stereocenters. The molecule has 1 amide bonds. The van der Waals surface area contributed by atoms with Gasteiger partial charge in [0.15, 0.2) is 0 Å². The van der Waals surface area contributed by atoms with Gasteiger partial charge in [-0.25, -0.2) is 14.6 Å². The van der Waals surface area contributed by atoms with Crippen molar-refractivity contribution in [3.63, 3.8) is 0 Å². The first-order valence-electron chi connectivity index (χ1n) is 5.13. The first kappa shape index (κ1) is 11.1. The molecule has 2 rings (SSSR count). The molecule has 0 aromatic carbocycles. The first-order valence-corrected chi connectivity index (χ1v) is 5.13. The lowest BCUT2D eigenvalue weighted by Crippen LogP contribution is -2.29. The number of imidazole rings is 1. The molecule has 90 valence electrons. The van der Waals surface area contributed by atoms with Gasteiger partial charge in [0, 0.05) is 24.9 Å². The number of rotatable bonds is 5. The number of nitrogens with one attached hydrogen (secondary N) is 2. The van der Waals surface area contributed by atoms with E-state index in [9.17, 15) is 4.79 Å². The van der Waals surface area contributed by atoms with E-state index in [1.807, 2.05) is 0 Å². The summed E-state index contributed by atoms with van der Waals surface area (Å²) in [5.74, 6) is 0.0321. The lowest BCUT2D eigenvalue weighted by molar-refractivity contribution is -0.121. The number of nitrogen functional groups attached to an aromatic ring is 1. The number of carbonyl (C=O) groups excluding carboxylic acids is 1. The Morgan fingerprint density at radius 2 is 2.47 bits per heavy atom. The fourth-order valence-corrected chi connectivity index (χ4v) is 1.35. The Labute approximate surface area is 97.3 Å². The third-order valence-electron chi connectivity index (χ3n) is 2.13. The van der Waals surface area contributed by atoms with E-state index in [4.69, 9.17) is 5.73 Å². The van der Waals surface area contributed by atoms with Gasteiger partial charge in [0.05, 0.1) is 6.33 Å². The molecule has 0 spiro atoms. The van der Waals surface area contributed by atoms with E-state index < -0.39 is 0 Å². The lowest BCUT2D eigenvalue weighted by Gasteiger charge is -2.03. The van der Waals surface area contributed by atoms with Crippen LogP contribution in [-0.2, 0) is 17.8 Å². The highest BCUT2D eigenvalue weighted by atomic mass is 16.2. The summed E-state index contributed by atoms with van der Waals surface area (Å²) in [5.41, 5.74) is 6.31. The summed E-state index contributed by atoms with van der Waals surface area (Å²) >= 11 is 0. The number of carbonyl (C=O) groups is 1. The van der Waals surface area contributed by atoms with Gasteiger partial charge in [-0.2, -0.15) is 0 Å². The highest BCUT2D eigenvalue weighted by molar-refractivity contribution is 5.75. The number of hydrogen-bond donors (Lipinski definition) is 3. The molecule has 0 atom stereocenters. The van der Waals surface area contributed by atoms with Crippen molar-refractivity contribution in [1.29, 1.82) is 0 Å². The molecule has 0 aliphatic rings. The van der Waals surface area contributed by atoms with E-state index in [1.165, 1.54) is 11.0 Å². The van der Waals surface area contributed by atoms with Gasteiger partial charge in [-0.05, 0) is 0 Å². The van der Waals surface area contributed by atoms with Crippen LogP contribution in [0.3, 0.4) is 0 Å². The predicted octanol–water partition coefficient (Wildman–Crippen LogP) is -1.06. The van der Waals surface area contributed by atoms with Gasteiger partial charge >= 0.3 is 0 Å². The molecule has 2 heterocycles. The van der Waals surface area contributed by atoms with Crippen molar-refractivity contribution >= 4 is 11.9 Å². The Kier molecular flexibility index (Phi) is 3.34. The summed E-state index contributed by atoms with van der Waals surface area (Å²) in [6, 6.07) is 0. The minimum atomic E-state index is -0.130. The summed E-state index contributed by atoms with van der Waals surface area (Å²) in [4.78, 5) is 22.1. The second kappa shape index (κ2) is 5.10. The summed E-state index contributed by atoms with van der Waals surface area (Å²) < 4.78 is 1.39.